The summed E-state index contributed by atoms with van der Waals surface area (Å²) in [6.07, 6.45) is 0. The molecule has 2 atom stereocenters. The maximum atomic E-state index is 12.8. The molecule has 3 rings (SSSR count). The Bertz CT molecular complexity index is 852. The molecule has 134 valence electrons. The van der Waals surface area contributed by atoms with Crippen molar-refractivity contribution in [3.63, 3.8) is 0 Å². The van der Waals surface area contributed by atoms with Gasteiger partial charge >= 0.3 is 5.97 Å². The molecule has 1 heterocycles. The number of nitrogens with one attached hydrogen (secondary N) is 2. The van der Waals surface area contributed by atoms with E-state index in [0.29, 0.717) is 17.0 Å². The minimum atomic E-state index is -1.82. The molecular weight excluding hydrogens is 336 g/mol. The van der Waals surface area contributed by atoms with Crippen molar-refractivity contribution in [2.75, 3.05) is 12.4 Å². The van der Waals surface area contributed by atoms with E-state index in [-0.39, 0.29) is 0 Å². The number of hydrogen-bond acceptors (Lipinski definition) is 5. The van der Waals surface area contributed by atoms with Gasteiger partial charge in [0.15, 0.2) is 6.04 Å². The summed E-state index contributed by atoms with van der Waals surface area (Å²) >= 11 is 0. The Hall–Kier alpha value is -3.35. The van der Waals surface area contributed by atoms with Crippen molar-refractivity contribution in [2.24, 2.45) is 0 Å². The fraction of sp³-hybridized carbons (Fsp3) is 0.211. The van der Waals surface area contributed by atoms with Crippen LogP contribution in [0.2, 0.25) is 0 Å². The van der Waals surface area contributed by atoms with Crippen LogP contribution >= 0.6 is 0 Å². The quantitative estimate of drug-likeness (QED) is 0.645. The topological polar surface area (TPSA) is 93.7 Å². The molecule has 0 saturated heterocycles. The standard InChI is InChI=1S/C19H18N2O5/c1-19(17(23)20-13-10-6-7-11-14(13)26-19)18(24)21-15(16(22)25-2)12-8-4-3-5-9-12/h3-11,15H,1-2H3,(H,20,23)(H,21,24)/t15-,19-/m1/s1. The van der Waals surface area contributed by atoms with Crippen molar-refractivity contribution in [2.45, 2.75) is 18.6 Å². The average Bonchev–Trinajstić information content (AvgIpc) is 2.66. The van der Waals surface area contributed by atoms with Gasteiger partial charge in [-0.2, -0.15) is 0 Å². The number of para-hydroxylation sites is 2. The first-order chi connectivity index (χ1) is 12.5. The molecule has 0 fully saturated rings. The van der Waals surface area contributed by atoms with Gasteiger partial charge in [-0.15, -0.1) is 0 Å². The molecule has 1 aliphatic rings. The number of ether oxygens (including phenoxy) is 2. The normalized spacial score (nSPS) is 19.4. The smallest absolute Gasteiger partial charge is 0.333 e. The maximum Gasteiger partial charge on any atom is 0.333 e. The van der Waals surface area contributed by atoms with Gasteiger partial charge in [-0.05, 0) is 24.6 Å². The molecule has 2 amide bonds. The number of anilines is 1. The van der Waals surface area contributed by atoms with E-state index in [2.05, 4.69) is 10.6 Å². The lowest BCUT2D eigenvalue weighted by molar-refractivity contribution is -0.152. The number of hydrogen-bond donors (Lipinski definition) is 2. The highest BCUT2D eigenvalue weighted by atomic mass is 16.5. The summed E-state index contributed by atoms with van der Waals surface area (Å²) in [4.78, 5) is 37.4. The maximum absolute atomic E-state index is 12.8. The molecule has 26 heavy (non-hydrogen) atoms. The third-order valence-electron chi connectivity index (χ3n) is 4.16. The van der Waals surface area contributed by atoms with Crippen LogP contribution in [-0.4, -0.2) is 30.5 Å². The van der Waals surface area contributed by atoms with E-state index >= 15 is 0 Å². The van der Waals surface area contributed by atoms with E-state index in [4.69, 9.17) is 9.47 Å². The van der Waals surface area contributed by atoms with Gasteiger partial charge in [0.1, 0.15) is 5.75 Å². The van der Waals surface area contributed by atoms with Crippen LogP contribution in [-0.2, 0) is 19.1 Å². The zero-order chi connectivity index (χ0) is 18.7. The summed E-state index contributed by atoms with van der Waals surface area (Å²) in [5.41, 5.74) is -0.807. The van der Waals surface area contributed by atoms with E-state index < -0.39 is 29.4 Å². The molecule has 7 nitrogen and oxygen atoms in total. The third kappa shape index (κ3) is 3.11. The van der Waals surface area contributed by atoms with E-state index in [0.717, 1.165) is 0 Å². The number of carbonyl (C=O) groups is 3. The Morgan fingerprint density at radius 2 is 1.77 bits per heavy atom. The van der Waals surface area contributed by atoms with Crippen LogP contribution in [0, 0.1) is 0 Å². The van der Waals surface area contributed by atoms with E-state index in [1.54, 1.807) is 54.6 Å². The minimum absolute atomic E-state index is 0.374. The summed E-state index contributed by atoms with van der Waals surface area (Å²) < 4.78 is 10.4. The predicted octanol–water partition coefficient (Wildman–Crippen LogP) is 1.81. The predicted molar refractivity (Wildman–Crippen MR) is 93.4 cm³/mol. The summed E-state index contributed by atoms with van der Waals surface area (Å²) in [5, 5.41) is 5.20. The van der Waals surface area contributed by atoms with Crippen molar-refractivity contribution in [3.05, 3.63) is 60.2 Å². The zero-order valence-corrected chi connectivity index (χ0v) is 14.3. The Morgan fingerprint density at radius 1 is 1.12 bits per heavy atom. The second-order valence-corrected chi connectivity index (χ2v) is 5.93. The molecule has 0 unspecified atom stereocenters. The van der Waals surface area contributed by atoms with Crippen LogP contribution in [0.5, 0.6) is 5.75 Å². The number of fused-ring (bicyclic) bond motifs is 1. The number of carbonyl (C=O) groups excluding carboxylic acids is 3. The molecule has 0 saturated carbocycles. The van der Waals surface area contributed by atoms with Crippen molar-refractivity contribution < 1.29 is 23.9 Å². The van der Waals surface area contributed by atoms with Gasteiger partial charge in [0.2, 0.25) is 0 Å². The Labute approximate surface area is 150 Å². The summed E-state index contributed by atoms with van der Waals surface area (Å²) in [7, 11) is 1.23. The van der Waals surface area contributed by atoms with Gasteiger partial charge in [-0.3, -0.25) is 9.59 Å². The van der Waals surface area contributed by atoms with Crippen molar-refractivity contribution in [1.82, 2.24) is 5.32 Å². The van der Waals surface area contributed by atoms with Crippen LogP contribution in [0.25, 0.3) is 0 Å². The Morgan fingerprint density at radius 3 is 2.46 bits per heavy atom. The van der Waals surface area contributed by atoms with Gasteiger partial charge in [-0.25, -0.2) is 4.79 Å². The lowest BCUT2D eigenvalue weighted by Crippen LogP contribution is -2.59. The van der Waals surface area contributed by atoms with Crippen LogP contribution in [0.3, 0.4) is 0 Å². The van der Waals surface area contributed by atoms with E-state index in [9.17, 15) is 14.4 Å². The molecular formula is C19H18N2O5. The zero-order valence-electron chi connectivity index (χ0n) is 14.3. The molecule has 0 aromatic heterocycles. The first kappa shape index (κ1) is 17.5. The second kappa shape index (κ2) is 6.87. The highest BCUT2D eigenvalue weighted by molar-refractivity contribution is 6.15. The number of benzene rings is 2. The molecule has 0 radical (unpaired) electrons. The Kier molecular flexibility index (Phi) is 4.62. The summed E-state index contributed by atoms with van der Waals surface area (Å²) in [6.45, 7) is 1.35. The SMILES string of the molecule is COC(=O)[C@H](NC(=O)[C@]1(C)Oc2ccccc2NC1=O)c1ccccc1. The van der Waals surface area contributed by atoms with E-state index in [1.165, 1.54) is 14.0 Å². The lowest BCUT2D eigenvalue weighted by atomic mass is 9.99. The van der Waals surface area contributed by atoms with Crippen molar-refractivity contribution in [3.8, 4) is 5.75 Å². The molecule has 0 bridgehead atoms. The monoisotopic (exact) mass is 354 g/mol. The van der Waals surface area contributed by atoms with Gasteiger partial charge in [0.25, 0.3) is 17.4 Å². The first-order valence-electron chi connectivity index (χ1n) is 7.99. The highest BCUT2D eigenvalue weighted by Gasteiger charge is 2.48. The van der Waals surface area contributed by atoms with Crippen molar-refractivity contribution in [1.29, 1.82) is 0 Å². The second-order valence-electron chi connectivity index (χ2n) is 5.93. The van der Waals surface area contributed by atoms with Crippen LogP contribution in [0.4, 0.5) is 5.69 Å². The highest BCUT2D eigenvalue weighted by Crippen LogP contribution is 2.33. The summed E-state index contributed by atoms with van der Waals surface area (Å²) in [5.74, 6) is -1.64. The molecule has 0 aliphatic carbocycles. The third-order valence-corrected chi connectivity index (χ3v) is 4.16. The number of methoxy groups -OCH3 is 1. The molecule has 2 aromatic rings. The van der Waals surface area contributed by atoms with Gasteiger partial charge in [0, 0.05) is 0 Å². The lowest BCUT2D eigenvalue weighted by Gasteiger charge is -2.34. The molecule has 1 aliphatic heterocycles. The fourth-order valence-electron chi connectivity index (χ4n) is 2.63. The van der Waals surface area contributed by atoms with Gasteiger partial charge < -0.3 is 20.1 Å². The largest absolute Gasteiger partial charge is 0.467 e. The van der Waals surface area contributed by atoms with Gasteiger partial charge in [0.05, 0.1) is 12.8 Å². The number of rotatable bonds is 4. The van der Waals surface area contributed by atoms with E-state index in [1.807, 2.05) is 0 Å². The molecule has 2 N–H and O–H groups in total. The first-order valence-corrected chi connectivity index (χ1v) is 7.99. The van der Waals surface area contributed by atoms with Crippen LogP contribution in [0.15, 0.2) is 54.6 Å². The van der Waals surface area contributed by atoms with Crippen LogP contribution in [0.1, 0.15) is 18.5 Å². The molecule has 0 spiro atoms. The van der Waals surface area contributed by atoms with Crippen LogP contribution < -0.4 is 15.4 Å². The van der Waals surface area contributed by atoms with Gasteiger partial charge in [-0.1, -0.05) is 42.5 Å². The number of esters is 1. The number of amides is 2. The minimum Gasteiger partial charge on any atom is -0.467 e. The summed E-state index contributed by atoms with van der Waals surface area (Å²) in [6, 6.07) is 14.4. The fourth-order valence-corrected chi connectivity index (χ4v) is 2.63. The van der Waals surface area contributed by atoms with Crippen molar-refractivity contribution >= 4 is 23.5 Å². The average molecular weight is 354 g/mol. The molecule has 2 aromatic carbocycles. The molecule has 7 heteroatoms. The Balaban J connectivity index is 1.88.